The number of benzene rings is 1. The SMILES string of the molecule is CNCc1cc(C)nc(-n2nnc(-c3ccccc3)n2)c1. The summed E-state index contributed by atoms with van der Waals surface area (Å²) in [7, 11) is 1.91. The van der Waals surface area contributed by atoms with Gasteiger partial charge in [0, 0.05) is 17.8 Å². The average Bonchev–Trinajstić information content (AvgIpc) is 2.98. The first-order valence-electron chi connectivity index (χ1n) is 6.74. The zero-order chi connectivity index (χ0) is 14.7. The molecule has 0 bridgehead atoms. The first kappa shape index (κ1) is 13.4. The second-order valence-corrected chi connectivity index (χ2v) is 4.77. The molecule has 1 N–H and O–H groups in total. The van der Waals surface area contributed by atoms with Gasteiger partial charge in [-0.3, -0.25) is 0 Å². The van der Waals surface area contributed by atoms with Crippen molar-refractivity contribution in [2.45, 2.75) is 13.5 Å². The maximum Gasteiger partial charge on any atom is 0.205 e. The van der Waals surface area contributed by atoms with Crippen molar-refractivity contribution in [1.29, 1.82) is 0 Å². The predicted molar refractivity (Wildman–Crippen MR) is 79.9 cm³/mol. The van der Waals surface area contributed by atoms with Gasteiger partial charge >= 0.3 is 0 Å². The normalized spacial score (nSPS) is 10.8. The fraction of sp³-hybridized carbons (Fsp3) is 0.200. The Hall–Kier alpha value is -2.60. The molecule has 0 unspecified atom stereocenters. The van der Waals surface area contributed by atoms with Gasteiger partial charge in [0.05, 0.1) is 0 Å². The van der Waals surface area contributed by atoms with Gasteiger partial charge in [0.15, 0.2) is 5.82 Å². The largest absolute Gasteiger partial charge is 0.316 e. The van der Waals surface area contributed by atoms with Gasteiger partial charge in [-0.2, -0.15) is 0 Å². The standard InChI is InChI=1S/C15H16N6/c1-11-8-12(10-16-2)9-14(17-11)21-19-15(18-20-21)13-6-4-3-5-7-13/h3-9,16H,10H2,1-2H3. The summed E-state index contributed by atoms with van der Waals surface area (Å²) < 4.78 is 0. The minimum absolute atomic E-state index is 0.592. The van der Waals surface area contributed by atoms with Crippen LogP contribution in [0.3, 0.4) is 0 Å². The molecule has 2 heterocycles. The van der Waals surface area contributed by atoms with Gasteiger partial charge in [0.25, 0.3) is 0 Å². The molecule has 2 aromatic heterocycles. The van der Waals surface area contributed by atoms with Crippen molar-refractivity contribution >= 4 is 0 Å². The highest BCUT2D eigenvalue weighted by Gasteiger charge is 2.09. The van der Waals surface area contributed by atoms with Crippen LogP contribution in [0.2, 0.25) is 0 Å². The minimum atomic E-state index is 0.592. The van der Waals surface area contributed by atoms with E-state index in [2.05, 4.69) is 25.7 Å². The first-order chi connectivity index (χ1) is 10.3. The zero-order valence-corrected chi connectivity index (χ0v) is 12.0. The lowest BCUT2D eigenvalue weighted by Gasteiger charge is -2.04. The van der Waals surface area contributed by atoms with Crippen LogP contribution in [-0.2, 0) is 6.54 Å². The lowest BCUT2D eigenvalue weighted by Crippen LogP contribution is -2.09. The highest BCUT2D eigenvalue weighted by atomic mass is 15.6. The maximum atomic E-state index is 4.46. The highest BCUT2D eigenvalue weighted by Crippen LogP contribution is 2.14. The summed E-state index contributed by atoms with van der Waals surface area (Å²) in [6.45, 7) is 2.73. The van der Waals surface area contributed by atoms with Crippen LogP contribution in [-0.4, -0.2) is 32.2 Å². The van der Waals surface area contributed by atoms with Gasteiger partial charge in [-0.1, -0.05) is 30.3 Å². The Balaban J connectivity index is 1.96. The van der Waals surface area contributed by atoms with Crippen LogP contribution in [0.4, 0.5) is 0 Å². The van der Waals surface area contributed by atoms with Crippen molar-refractivity contribution in [2.75, 3.05) is 7.05 Å². The molecule has 0 amide bonds. The molecule has 0 atom stereocenters. The summed E-state index contributed by atoms with van der Waals surface area (Å²) >= 11 is 0. The summed E-state index contributed by atoms with van der Waals surface area (Å²) in [5.41, 5.74) is 3.00. The highest BCUT2D eigenvalue weighted by molar-refractivity contribution is 5.53. The third-order valence-electron chi connectivity index (χ3n) is 3.03. The van der Waals surface area contributed by atoms with Crippen LogP contribution in [0.5, 0.6) is 0 Å². The summed E-state index contributed by atoms with van der Waals surface area (Å²) in [4.78, 5) is 5.93. The number of nitrogens with one attached hydrogen (secondary N) is 1. The van der Waals surface area contributed by atoms with E-state index in [0.29, 0.717) is 11.6 Å². The van der Waals surface area contributed by atoms with E-state index in [4.69, 9.17) is 0 Å². The van der Waals surface area contributed by atoms with E-state index in [9.17, 15) is 0 Å². The molecule has 1 aromatic carbocycles. The van der Waals surface area contributed by atoms with Crippen LogP contribution in [0.25, 0.3) is 17.2 Å². The fourth-order valence-electron chi connectivity index (χ4n) is 2.14. The second kappa shape index (κ2) is 5.80. The Morgan fingerprint density at radius 2 is 1.95 bits per heavy atom. The summed E-state index contributed by atoms with van der Waals surface area (Å²) in [5, 5.41) is 15.7. The van der Waals surface area contributed by atoms with E-state index < -0.39 is 0 Å². The molecular weight excluding hydrogens is 264 g/mol. The van der Waals surface area contributed by atoms with Gasteiger partial charge in [0.2, 0.25) is 5.82 Å². The van der Waals surface area contributed by atoms with Crippen molar-refractivity contribution in [3.63, 3.8) is 0 Å². The molecule has 0 aliphatic carbocycles. The van der Waals surface area contributed by atoms with Crippen LogP contribution in [0.15, 0.2) is 42.5 Å². The minimum Gasteiger partial charge on any atom is -0.316 e. The van der Waals surface area contributed by atoms with E-state index in [1.54, 1.807) is 0 Å². The molecule has 3 aromatic rings. The van der Waals surface area contributed by atoms with Crippen molar-refractivity contribution in [3.8, 4) is 17.2 Å². The molecule has 0 saturated heterocycles. The molecule has 106 valence electrons. The Labute approximate surface area is 122 Å². The molecule has 0 radical (unpaired) electrons. The molecule has 6 nitrogen and oxygen atoms in total. The van der Waals surface area contributed by atoms with E-state index in [0.717, 1.165) is 23.4 Å². The van der Waals surface area contributed by atoms with E-state index in [1.165, 1.54) is 4.80 Å². The molecule has 3 rings (SSSR count). The molecule has 21 heavy (non-hydrogen) atoms. The number of pyridine rings is 1. The molecule has 0 spiro atoms. The third-order valence-corrected chi connectivity index (χ3v) is 3.03. The van der Waals surface area contributed by atoms with Crippen LogP contribution in [0, 0.1) is 6.92 Å². The Morgan fingerprint density at radius 3 is 2.71 bits per heavy atom. The van der Waals surface area contributed by atoms with E-state index in [1.807, 2.05) is 56.4 Å². The van der Waals surface area contributed by atoms with E-state index in [-0.39, 0.29) is 0 Å². The topological polar surface area (TPSA) is 68.5 Å². The molecular formula is C15H16N6. The quantitative estimate of drug-likeness (QED) is 0.788. The smallest absolute Gasteiger partial charge is 0.205 e. The van der Waals surface area contributed by atoms with Crippen LogP contribution < -0.4 is 5.32 Å². The zero-order valence-electron chi connectivity index (χ0n) is 12.0. The van der Waals surface area contributed by atoms with Crippen molar-refractivity contribution < 1.29 is 0 Å². The van der Waals surface area contributed by atoms with Crippen molar-refractivity contribution in [2.24, 2.45) is 0 Å². The van der Waals surface area contributed by atoms with Crippen molar-refractivity contribution in [3.05, 3.63) is 53.7 Å². The maximum absolute atomic E-state index is 4.46. The number of hydrogen-bond acceptors (Lipinski definition) is 5. The molecule has 0 aliphatic rings. The fourth-order valence-corrected chi connectivity index (χ4v) is 2.14. The Kier molecular flexibility index (Phi) is 3.70. The van der Waals surface area contributed by atoms with Crippen molar-refractivity contribution in [1.82, 2.24) is 30.5 Å². The lowest BCUT2D eigenvalue weighted by molar-refractivity contribution is 0.694. The number of aromatic nitrogens is 5. The molecule has 0 aliphatic heterocycles. The molecule has 6 heteroatoms. The lowest BCUT2D eigenvalue weighted by atomic mass is 10.2. The molecule has 0 fully saturated rings. The number of rotatable bonds is 4. The predicted octanol–water partition coefficient (Wildman–Crippen LogP) is 1.75. The van der Waals surface area contributed by atoms with E-state index >= 15 is 0 Å². The van der Waals surface area contributed by atoms with Crippen LogP contribution in [0.1, 0.15) is 11.3 Å². The number of nitrogens with zero attached hydrogens (tertiary/aromatic N) is 5. The second-order valence-electron chi connectivity index (χ2n) is 4.77. The summed E-state index contributed by atoms with van der Waals surface area (Å²) in [6, 6.07) is 13.8. The number of tetrazole rings is 1. The monoisotopic (exact) mass is 280 g/mol. The van der Waals surface area contributed by atoms with Gasteiger partial charge in [-0.25, -0.2) is 4.98 Å². The van der Waals surface area contributed by atoms with Gasteiger partial charge in [-0.05, 0) is 36.9 Å². The Morgan fingerprint density at radius 1 is 1.14 bits per heavy atom. The molecule has 0 saturated carbocycles. The third kappa shape index (κ3) is 2.95. The summed E-state index contributed by atoms with van der Waals surface area (Å²) in [5.74, 6) is 1.27. The Bertz CT molecular complexity index is 735. The average molecular weight is 280 g/mol. The summed E-state index contributed by atoms with van der Waals surface area (Å²) in [6.07, 6.45) is 0. The van der Waals surface area contributed by atoms with Crippen LogP contribution >= 0.6 is 0 Å². The number of hydrogen-bond donors (Lipinski definition) is 1. The first-order valence-corrected chi connectivity index (χ1v) is 6.74. The van der Waals surface area contributed by atoms with Gasteiger partial charge in [-0.15, -0.1) is 15.0 Å². The van der Waals surface area contributed by atoms with Gasteiger partial charge < -0.3 is 5.32 Å². The number of aryl methyl sites for hydroxylation is 1. The van der Waals surface area contributed by atoms with Gasteiger partial charge in [0.1, 0.15) is 0 Å².